The van der Waals surface area contributed by atoms with E-state index in [1.807, 2.05) is 6.92 Å². The van der Waals surface area contributed by atoms with E-state index in [9.17, 15) is 19.5 Å². The summed E-state index contributed by atoms with van der Waals surface area (Å²) in [4.78, 5) is 41.7. The van der Waals surface area contributed by atoms with Gasteiger partial charge in [0.25, 0.3) is 0 Å². The lowest BCUT2D eigenvalue weighted by atomic mass is 9.66. The summed E-state index contributed by atoms with van der Waals surface area (Å²) in [6, 6.07) is -0.618. The van der Waals surface area contributed by atoms with E-state index in [2.05, 4.69) is 5.32 Å². The fourth-order valence-electron chi connectivity index (χ4n) is 6.48. The summed E-state index contributed by atoms with van der Waals surface area (Å²) in [5.41, 5.74) is -1.77. The van der Waals surface area contributed by atoms with E-state index in [1.54, 1.807) is 11.8 Å². The zero-order valence-corrected chi connectivity index (χ0v) is 18.7. The maximum absolute atomic E-state index is 13.6. The molecule has 3 heterocycles. The molecule has 5 atom stereocenters. The van der Waals surface area contributed by atoms with Crippen molar-refractivity contribution in [3.8, 4) is 0 Å². The number of aliphatic hydroxyl groups excluding tert-OH is 1. The van der Waals surface area contributed by atoms with Gasteiger partial charge in [-0.1, -0.05) is 19.3 Å². The van der Waals surface area contributed by atoms with E-state index in [0.717, 1.165) is 25.7 Å². The highest BCUT2D eigenvalue weighted by Crippen LogP contribution is 2.63. The number of esters is 1. The van der Waals surface area contributed by atoms with Crippen LogP contribution in [-0.2, 0) is 23.9 Å². The third-order valence-electron chi connectivity index (χ3n) is 7.82. The number of amides is 2. The Hall–Kier alpha value is -1.67. The Kier molecular flexibility index (Phi) is 6.32. The normalized spacial score (nSPS) is 37.2. The van der Waals surface area contributed by atoms with Gasteiger partial charge in [0, 0.05) is 19.2 Å². The summed E-state index contributed by atoms with van der Waals surface area (Å²) < 4.78 is 11.8. The van der Waals surface area contributed by atoms with Crippen LogP contribution in [-0.4, -0.2) is 70.8 Å². The van der Waals surface area contributed by atoms with Gasteiger partial charge in [0.05, 0.1) is 18.1 Å². The van der Waals surface area contributed by atoms with Crippen LogP contribution in [0.3, 0.4) is 0 Å². The Morgan fingerprint density at radius 1 is 1.23 bits per heavy atom. The molecule has 2 unspecified atom stereocenters. The van der Waals surface area contributed by atoms with Crippen LogP contribution in [0.2, 0.25) is 0 Å². The molecule has 0 aromatic carbocycles. The van der Waals surface area contributed by atoms with Crippen LogP contribution >= 0.6 is 0 Å². The molecule has 174 valence electrons. The van der Waals surface area contributed by atoms with Crippen molar-refractivity contribution in [3.63, 3.8) is 0 Å². The molecule has 4 rings (SSSR count). The fourth-order valence-corrected chi connectivity index (χ4v) is 6.48. The number of ether oxygens (including phenoxy) is 2. The first-order chi connectivity index (χ1) is 14.9. The van der Waals surface area contributed by atoms with E-state index in [0.29, 0.717) is 32.2 Å². The predicted molar refractivity (Wildman–Crippen MR) is 112 cm³/mol. The second-order valence-electron chi connectivity index (χ2n) is 9.79. The van der Waals surface area contributed by atoms with Crippen molar-refractivity contribution in [1.29, 1.82) is 0 Å². The first kappa shape index (κ1) is 22.5. The Morgan fingerprint density at radius 3 is 2.65 bits per heavy atom. The molecule has 1 spiro atoms. The third-order valence-corrected chi connectivity index (χ3v) is 7.82. The van der Waals surface area contributed by atoms with Gasteiger partial charge < -0.3 is 24.8 Å². The number of likely N-dealkylation sites (tertiary alicyclic amines) is 1. The molecule has 2 N–H and O–H groups in total. The van der Waals surface area contributed by atoms with Crippen LogP contribution in [0.25, 0.3) is 0 Å². The Bertz CT molecular complexity index is 723. The van der Waals surface area contributed by atoms with Crippen molar-refractivity contribution >= 4 is 17.8 Å². The number of nitrogens with zero attached hydrogens (tertiary/aromatic N) is 1. The van der Waals surface area contributed by atoms with Crippen LogP contribution in [0.1, 0.15) is 71.6 Å². The largest absolute Gasteiger partial charge is 0.466 e. The molecule has 2 amide bonds. The van der Waals surface area contributed by atoms with Gasteiger partial charge in [-0.25, -0.2) is 0 Å². The maximum atomic E-state index is 13.6. The molecular formula is C23H36N2O6. The van der Waals surface area contributed by atoms with Gasteiger partial charge in [-0.05, 0) is 52.4 Å². The zero-order valence-electron chi connectivity index (χ0n) is 18.7. The number of hydrogen-bond acceptors (Lipinski definition) is 6. The van der Waals surface area contributed by atoms with Gasteiger partial charge in [-0.2, -0.15) is 0 Å². The molecule has 4 fully saturated rings. The molecule has 1 saturated carbocycles. The smallest absolute Gasteiger partial charge is 0.312 e. The Morgan fingerprint density at radius 2 is 1.97 bits per heavy atom. The fraction of sp³-hybridized carbons (Fsp3) is 0.870. The number of nitrogens with one attached hydrogen (secondary N) is 1. The summed E-state index contributed by atoms with van der Waals surface area (Å²) in [5, 5.41) is 12.4. The standard InChI is InChI=1S/C23H36N2O6/c1-3-30-21(29)17-16-20(28)25(13-7-8-14-26)18(23(16)12-11-22(17,2)31-23)19(27)24-15-9-5-4-6-10-15/h15-18,26H,3-14H2,1-2H3,(H,24,27)/t16-,17+,18?,22-,23?/m0/s1. The van der Waals surface area contributed by atoms with Gasteiger partial charge >= 0.3 is 5.97 Å². The van der Waals surface area contributed by atoms with Crippen LogP contribution in [0.15, 0.2) is 0 Å². The average Bonchev–Trinajstić information content (AvgIpc) is 3.30. The molecule has 0 aromatic rings. The highest BCUT2D eigenvalue weighted by molar-refractivity contribution is 5.98. The lowest BCUT2D eigenvalue weighted by Gasteiger charge is -2.35. The highest BCUT2D eigenvalue weighted by Gasteiger charge is 2.78. The first-order valence-electron chi connectivity index (χ1n) is 12.0. The highest BCUT2D eigenvalue weighted by atomic mass is 16.6. The zero-order chi connectivity index (χ0) is 22.2. The first-order valence-corrected chi connectivity index (χ1v) is 12.0. The number of rotatable bonds is 8. The number of carbonyl (C=O) groups excluding carboxylic acids is 3. The second kappa shape index (κ2) is 8.70. The monoisotopic (exact) mass is 436 g/mol. The lowest BCUT2D eigenvalue weighted by molar-refractivity contribution is -0.159. The Balaban J connectivity index is 1.65. The molecule has 31 heavy (non-hydrogen) atoms. The van der Waals surface area contributed by atoms with Gasteiger partial charge in [0.15, 0.2) is 0 Å². The average molecular weight is 437 g/mol. The molecule has 3 saturated heterocycles. The van der Waals surface area contributed by atoms with Crippen molar-refractivity contribution in [2.75, 3.05) is 19.8 Å². The van der Waals surface area contributed by atoms with Crippen molar-refractivity contribution in [2.45, 2.75) is 94.9 Å². The lowest BCUT2D eigenvalue weighted by Crippen LogP contribution is -2.57. The maximum Gasteiger partial charge on any atom is 0.312 e. The minimum Gasteiger partial charge on any atom is -0.466 e. The molecule has 8 nitrogen and oxygen atoms in total. The predicted octanol–water partition coefficient (Wildman–Crippen LogP) is 1.54. The topological polar surface area (TPSA) is 105 Å². The number of unbranched alkanes of at least 4 members (excludes halogenated alkanes) is 1. The SMILES string of the molecule is CCOC(=O)[C@H]1[C@H]2C(=O)N(CCCCO)C(C(=O)NC3CCCCC3)C23CC[C@]1(C)O3. The van der Waals surface area contributed by atoms with Crippen molar-refractivity contribution in [1.82, 2.24) is 10.2 Å². The van der Waals surface area contributed by atoms with Crippen LogP contribution in [0.5, 0.6) is 0 Å². The van der Waals surface area contributed by atoms with Crippen molar-refractivity contribution in [3.05, 3.63) is 0 Å². The summed E-state index contributed by atoms with van der Waals surface area (Å²) in [7, 11) is 0. The third kappa shape index (κ3) is 3.65. The summed E-state index contributed by atoms with van der Waals surface area (Å²) in [6.07, 6.45) is 7.65. The van der Waals surface area contributed by atoms with Crippen LogP contribution in [0.4, 0.5) is 0 Å². The van der Waals surface area contributed by atoms with Gasteiger partial charge in [0.1, 0.15) is 17.6 Å². The van der Waals surface area contributed by atoms with Crippen LogP contribution < -0.4 is 5.32 Å². The minimum absolute atomic E-state index is 0.0373. The molecule has 4 aliphatic rings. The number of hydrogen-bond donors (Lipinski definition) is 2. The molecular weight excluding hydrogens is 400 g/mol. The number of fused-ring (bicyclic) bond motifs is 1. The van der Waals surface area contributed by atoms with Crippen molar-refractivity contribution < 1.29 is 29.0 Å². The van der Waals surface area contributed by atoms with E-state index in [1.165, 1.54) is 6.42 Å². The molecule has 8 heteroatoms. The van der Waals surface area contributed by atoms with Crippen molar-refractivity contribution in [2.24, 2.45) is 11.8 Å². The quantitative estimate of drug-likeness (QED) is 0.442. The number of aliphatic hydroxyl groups is 1. The summed E-state index contributed by atoms with van der Waals surface area (Å²) >= 11 is 0. The van der Waals surface area contributed by atoms with Crippen LogP contribution in [0, 0.1) is 11.8 Å². The molecule has 0 aromatic heterocycles. The number of carbonyl (C=O) groups is 3. The van der Waals surface area contributed by atoms with E-state index in [4.69, 9.17) is 9.47 Å². The van der Waals surface area contributed by atoms with Gasteiger partial charge in [-0.15, -0.1) is 0 Å². The Labute approximate surface area is 184 Å². The second-order valence-corrected chi connectivity index (χ2v) is 9.79. The van der Waals surface area contributed by atoms with Gasteiger partial charge in [-0.3, -0.25) is 14.4 Å². The summed E-state index contributed by atoms with van der Waals surface area (Å²) in [6.45, 7) is 4.28. The van der Waals surface area contributed by atoms with E-state index >= 15 is 0 Å². The molecule has 0 radical (unpaired) electrons. The molecule has 2 bridgehead atoms. The molecule has 1 aliphatic carbocycles. The van der Waals surface area contributed by atoms with E-state index < -0.39 is 35.0 Å². The van der Waals surface area contributed by atoms with Gasteiger partial charge in [0.2, 0.25) is 11.8 Å². The van der Waals surface area contributed by atoms with E-state index in [-0.39, 0.29) is 31.1 Å². The summed E-state index contributed by atoms with van der Waals surface area (Å²) in [5.74, 6) is -2.15. The molecule has 3 aliphatic heterocycles. The minimum atomic E-state index is -0.985.